The van der Waals surface area contributed by atoms with Gasteiger partial charge in [-0.05, 0) is 25.5 Å². The van der Waals surface area contributed by atoms with Gasteiger partial charge in [-0.2, -0.15) is 9.98 Å². The summed E-state index contributed by atoms with van der Waals surface area (Å²) in [4.78, 5) is -0.449. The number of sulfonamides is 1. The number of benzene rings is 1. The van der Waals surface area contributed by atoms with Crippen molar-refractivity contribution in [3.63, 3.8) is 0 Å². The molecule has 0 radical (unpaired) electrons. The van der Waals surface area contributed by atoms with Gasteiger partial charge in [0.05, 0.1) is 6.07 Å². The molecule has 17 heavy (non-hydrogen) atoms. The van der Waals surface area contributed by atoms with Gasteiger partial charge in [-0.25, -0.2) is 12.8 Å². The number of nitrogens with one attached hydrogen (secondary N) is 1. The minimum atomic E-state index is -4.02. The highest BCUT2D eigenvalue weighted by Crippen LogP contribution is 2.17. The molecule has 1 rings (SSSR count). The first kappa shape index (κ1) is 13.6. The van der Waals surface area contributed by atoms with Crippen molar-refractivity contribution in [3.05, 3.63) is 30.1 Å². The fourth-order valence-electron chi connectivity index (χ4n) is 1.19. The second-order valence-corrected chi connectivity index (χ2v) is 5.48. The minimum absolute atomic E-state index is 0.289. The molecular weight excluding hydrogens is 243 g/mol. The predicted octanol–water partition coefficient (Wildman–Crippen LogP) is 1.80. The Morgan fingerprint density at radius 3 is 2.53 bits per heavy atom. The van der Waals surface area contributed by atoms with E-state index in [1.807, 2.05) is 6.07 Å². The molecule has 0 aliphatic heterocycles. The summed E-state index contributed by atoms with van der Waals surface area (Å²) in [6.07, 6.45) is 0.289. The molecule has 6 heteroatoms. The van der Waals surface area contributed by atoms with Crippen LogP contribution >= 0.6 is 0 Å². The molecule has 4 nitrogen and oxygen atoms in total. The molecule has 0 fully saturated rings. The first-order valence-electron chi connectivity index (χ1n) is 5.04. The molecule has 0 spiro atoms. The number of hydrogen-bond donors (Lipinski definition) is 1. The zero-order chi connectivity index (χ0) is 13.1. The van der Waals surface area contributed by atoms with Crippen LogP contribution in [-0.4, -0.2) is 14.0 Å². The molecule has 0 aromatic heterocycles. The standard InChI is InChI=1S/C11H13FN2O2S/c1-3-11(2,8-13)14-17(15,16)10-7-5-4-6-9(10)12/h4-7,14H,3H2,1-2H3. The van der Waals surface area contributed by atoms with Crippen LogP contribution in [0.1, 0.15) is 20.3 Å². The van der Waals surface area contributed by atoms with Crippen LogP contribution in [0.25, 0.3) is 0 Å². The van der Waals surface area contributed by atoms with Gasteiger partial charge in [-0.1, -0.05) is 19.1 Å². The maximum absolute atomic E-state index is 13.4. The lowest BCUT2D eigenvalue weighted by atomic mass is 10.0. The molecule has 0 saturated carbocycles. The van der Waals surface area contributed by atoms with Crippen molar-refractivity contribution in [1.29, 1.82) is 5.26 Å². The van der Waals surface area contributed by atoms with E-state index in [-0.39, 0.29) is 6.42 Å². The maximum atomic E-state index is 13.4. The first-order chi connectivity index (χ1) is 7.84. The van der Waals surface area contributed by atoms with Crippen molar-refractivity contribution in [2.24, 2.45) is 0 Å². The van der Waals surface area contributed by atoms with Crippen molar-refractivity contribution in [2.75, 3.05) is 0 Å². The third-order valence-corrected chi connectivity index (χ3v) is 4.07. The molecule has 0 aliphatic rings. The quantitative estimate of drug-likeness (QED) is 0.893. The van der Waals surface area contributed by atoms with Gasteiger partial charge in [-0.3, -0.25) is 0 Å². The highest BCUT2D eigenvalue weighted by Gasteiger charge is 2.30. The molecule has 1 N–H and O–H groups in total. The third-order valence-electron chi connectivity index (χ3n) is 2.44. The summed E-state index contributed by atoms with van der Waals surface area (Å²) in [5, 5.41) is 8.89. The van der Waals surface area contributed by atoms with Gasteiger partial charge in [0.15, 0.2) is 0 Å². The summed E-state index contributed by atoms with van der Waals surface area (Å²) in [5.74, 6) is -0.837. The van der Waals surface area contributed by atoms with Crippen LogP contribution in [0.15, 0.2) is 29.2 Å². The molecule has 0 amide bonds. The zero-order valence-corrected chi connectivity index (χ0v) is 10.4. The summed E-state index contributed by atoms with van der Waals surface area (Å²) in [5.41, 5.74) is -1.24. The Bertz CT molecular complexity index is 551. The van der Waals surface area contributed by atoms with Crippen LogP contribution in [0.5, 0.6) is 0 Å². The minimum Gasteiger partial charge on any atom is -0.207 e. The van der Waals surface area contributed by atoms with E-state index in [1.165, 1.54) is 19.1 Å². The predicted molar refractivity (Wildman–Crippen MR) is 61.0 cm³/mol. The average Bonchev–Trinajstić information content (AvgIpc) is 2.28. The summed E-state index contributed by atoms with van der Waals surface area (Å²) in [6.45, 7) is 3.12. The highest BCUT2D eigenvalue weighted by atomic mass is 32.2. The normalized spacial score (nSPS) is 14.9. The third kappa shape index (κ3) is 3.02. The summed E-state index contributed by atoms with van der Waals surface area (Å²) in [6, 6.07) is 6.90. The van der Waals surface area contributed by atoms with Crippen LogP contribution in [0.2, 0.25) is 0 Å². The zero-order valence-electron chi connectivity index (χ0n) is 9.57. The smallest absolute Gasteiger partial charge is 0.207 e. The Balaban J connectivity index is 3.15. The lowest BCUT2D eigenvalue weighted by Gasteiger charge is -2.21. The SMILES string of the molecule is CCC(C)(C#N)NS(=O)(=O)c1ccccc1F. The van der Waals surface area contributed by atoms with E-state index in [2.05, 4.69) is 4.72 Å². The van der Waals surface area contributed by atoms with Gasteiger partial charge in [-0.15, -0.1) is 0 Å². The van der Waals surface area contributed by atoms with Crippen molar-refractivity contribution in [1.82, 2.24) is 4.72 Å². The van der Waals surface area contributed by atoms with Crippen molar-refractivity contribution < 1.29 is 12.8 Å². The molecule has 0 heterocycles. The fraction of sp³-hybridized carbons (Fsp3) is 0.364. The van der Waals surface area contributed by atoms with Crippen LogP contribution in [0.4, 0.5) is 4.39 Å². The number of nitrogens with zero attached hydrogens (tertiary/aromatic N) is 1. The van der Waals surface area contributed by atoms with Crippen LogP contribution in [0.3, 0.4) is 0 Å². The molecule has 1 aromatic rings. The average molecular weight is 256 g/mol. The second kappa shape index (κ2) is 4.82. The monoisotopic (exact) mass is 256 g/mol. The van der Waals surface area contributed by atoms with Gasteiger partial charge < -0.3 is 0 Å². The molecule has 92 valence electrons. The largest absolute Gasteiger partial charge is 0.244 e. The van der Waals surface area contributed by atoms with Gasteiger partial charge in [0.25, 0.3) is 0 Å². The van der Waals surface area contributed by atoms with E-state index in [1.54, 1.807) is 6.92 Å². The number of hydrogen-bond acceptors (Lipinski definition) is 3. The van der Waals surface area contributed by atoms with E-state index in [4.69, 9.17) is 5.26 Å². The second-order valence-electron chi connectivity index (χ2n) is 3.83. The molecule has 1 aromatic carbocycles. The van der Waals surface area contributed by atoms with E-state index in [0.717, 1.165) is 12.1 Å². The summed E-state index contributed by atoms with van der Waals surface area (Å²) >= 11 is 0. The fourth-order valence-corrected chi connectivity index (χ4v) is 2.66. The Morgan fingerprint density at radius 1 is 1.47 bits per heavy atom. The van der Waals surface area contributed by atoms with Crippen LogP contribution in [-0.2, 0) is 10.0 Å². The van der Waals surface area contributed by atoms with Gasteiger partial charge in [0, 0.05) is 0 Å². The van der Waals surface area contributed by atoms with Gasteiger partial charge in [0.2, 0.25) is 10.0 Å². The Kier molecular flexibility index (Phi) is 3.86. The summed E-state index contributed by atoms with van der Waals surface area (Å²) in [7, 11) is -4.02. The lowest BCUT2D eigenvalue weighted by Crippen LogP contribution is -2.44. The topological polar surface area (TPSA) is 70.0 Å². The molecule has 1 atom stereocenters. The lowest BCUT2D eigenvalue weighted by molar-refractivity contribution is 0.489. The number of nitriles is 1. The number of rotatable bonds is 4. The molecule has 0 bridgehead atoms. The van der Waals surface area contributed by atoms with E-state index < -0.39 is 26.3 Å². The Morgan fingerprint density at radius 2 is 2.06 bits per heavy atom. The van der Waals surface area contributed by atoms with Gasteiger partial charge >= 0.3 is 0 Å². The van der Waals surface area contributed by atoms with E-state index in [0.29, 0.717) is 0 Å². The molecule has 1 unspecified atom stereocenters. The van der Waals surface area contributed by atoms with Crippen LogP contribution < -0.4 is 4.72 Å². The summed E-state index contributed by atoms with van der Waals surface area (Å²) < 4.78 is 39.3. The molecular formula is C11H13FN2O2S. The Hall–Kier alpha value is -1.45. The van der Waals surface area contributed by atoms with Gasteiger partial charge in [0.1, 0.15) is 16.3 Å². The van der Waals surface area contributed by atoms with E-state index in [9.17, 15) is 12.8 Å². The number of halogens is 1. The first-order valence-corrected chi connectivity index (χ1v) is 6.53. The van der Waals surface area contributed by atoms with E-state index >= 15 is 0 Å². The Labute approximate surface area is 100 Å². The maximum Gasteiger partial charge on any atom is 0.244 e. The van der Waals surface area contributed by atoms with Crippen molar-refractivity contribution >= 4 is 10.0 Å². The molecule has 0 aliphatic carbocycles. The van der Waals surface area contributed by atoms with Crippen molar-refractivity contribution in [2.45, 2.75) is 30.7 Å². The van der Waals surface area contributed by atoms with Crippen LogP contribution in [0, 0.1) is 17.1 Å². The van der Waals surface area contributed by atoms with Crippen molar-refractivity contribution in [3.8, 4) is 6.07 Å². The molecule has 0 saturated heterocycles. The highest BCUT2D eigenvalue weighted by molar-refractivity contribution is 7.89.